The Morgan fingerprint density at radius 1 is 1.00 bits per heavy atom. The van der Waals surface area contributed by atoms with Crippen LogP contribution in [0.4, 0.5) is 5.69 Å². The lowest BCUT2D eigenvalue weighted by molar-refractivity contribution is -0.125. The summed E-state index contributed by atoms with van der Waals surface area (Å²) >= 11 is 5.95. The number of anilines is 1. The minimum absolute atomic E-state index is 0.0488. The van der Waals surface area contributed by atoms with Crippen molar-refractivity contribution < 1.29 is 4.79 Å². The molecular weight excluding hydrogens is 358 g/mol. The summed E-state index contributed by atoms with van der Waals surface area (Å²) in [6.45, 7) is 9.53. The lowest BCUT2D eigenvalue weighted by atomic mass is 9.84. The second-order valence-corrected chi connectivity index (χ2v) is 7.99. The molecule has 1 aliphatic rings. The third kappa shape index (κ3) is 5.02. The minimum Gasteiger partial charge on any atom is -0.369 e. The van der Waals surface area contributed by atoms with Crippen LogP contribution in [0.1, 0.15) is 19.4 Å². The number of para-hydroxylation sites is 1. The first kappa shape index (κ1) is 19.7. The summed E-state index contributed by atoms with van der Waals surface area (Å²) < 4.78 is 0. The standard InChI is InChI=1S/C22H28ClN3O/c1-22(2,18-8-10-19(23)11-9-18)21(27)24-12-13-25-14-16-26(17-15-25)20-6-4-3-5-7-20/h3-11H,12-17H2,1-2H3,(H,24,27). The Bertz CT molecular complexity index is 738. The zero-order valence-corrected chi connectivity index (χ0v) is 16.9. The van der Waals surface area contributed by atoms with Crippen molar-refractivity contribution in [2.45, 2.75) is 19.3 Å². The molecule has 2 aromatic carbocycles. The van der Waals surface area contributed by atoms with Gasteiger partial charge in [-0.25, -0.2) is 0 Å². The van der Waals surface area contributed by atoms with Crippen LogP contribution in [0.5, 0.6) is 0 Å². The summed E-state index contributed by atoms with van der Waals surface area (Å²) in [6, 6.07) is 18.0. The Morgan fingerprint density at radius 2 is 1.63 bits per heavy atom. The molecule has 144 valence electrons. The van der Waals surface area contributed by atoms with Crippen molar-refractivity contribution >= 4 is 23.2 Å². The first-order valence-corrected chi connectivity index (χ1v) is 9.91. The van der Waals surface area contributed by atoms with Crippen LogP contribution in [-0.4, -0.2) is 50.1 Å². The summed E-state index contributed by atoms with van der Waals surface area (Å²) in [7, 11) is 0. The van der Waals surface area contributed by atoms with Crippen molar-refractivity contribution in [2.24, 2.45) is 0 Å². The molecule has 4 nitrogen and oxygen atoms in total. The summed E-state index contributed by atoms with van der Waals surface area (Å²) in [6.07, 6.45) is 0. The number of hydrogen-bond acceptors (Lipinski definition) is 3. The van der Waals surface area contributed by atoms with E-state index >= 15 is 0 Å². The van der Waals surface area contributed by atoms with E-state index in [2.05, 4.69) is 39.4 Å². The number of amides is 1. The SMILES string of the molecule is CC(C)(C(=O)NCCN1CCN(c2ccccc2)CC1)c1ccc(Cl)cc1. The summed E-state index contributed by atoms with van der Waals surface area (Å²) in [4.78, 5) is 17.5. The van der Waals surface area contributed by atoms with Gasteiger partial charge in [-0.1, -0.05) is 41.9 Å². The Labute approximate surface area is 167 Å². The molecule has 0 radical (unpaired) electrons. The molecule has 5 heteroatoms. The van der Waals surface area contributed by atoms with E-state index in [-0.39, 0.29) is 5.91 Å². The maximum atomic E-state index is 12.7. The maximum absolute atomic E-state index is 12.7. The zero-order chi connectivity index (χ0) is 19.3. The average molecular weight is 386 g/mol. The molecule has 1 N–H and O–H groups in total. The first-order chi connectivity index (χ1) is 13.0. The van der Waals surface area contributed by atoms with E-state index < -0.39 is 5.41 Å². The predicted molar refractivity (Wildman–Crippen MR) is 113 cm³/mol. The second-order valence-electron chi connectivity index (χ2n) is 7.55. The van der Waals surface area contributed by atoms with Gasteiger partial charge in [0.15, 0.2) is 0 Å². The van der Waals surface area contributed by atoms with Gasteiger partial charge in [-0.2, -0.15) is 0 Å². The highest BCUT2D eigenvalue weighted by molar-refractivity contribution is 6.30. The van der Waals surface area contributed by atoms with Crippen molar-refractivity contribution in [1.29, 1.82) is 0 Å². The number of nitrogens with zero attached hydrogens (tertiary/aromatic N) is 2. The lowest BCUT2D eigenvalue weighted by Crippen LogP contribution is -2.49. The number of hydrogen-bond donors (Lipinski definition) is 1. The van der Waals surface area contributed by atoms with Gasteiger partial charge < -0.3 is 10.2 Å². The van der Waals surface area contributed by atoms with E-state index in [1.54, 1.807) is 0 Å². The molecule has 2 aromatic rings. The molecule has 0 bridgehead atoms. The predicted octanol–water partition coefficient (Wildman–Crippen LogP) is 3.56. The fourth-order valence-corrected chi connectivity index (χ4v) is 3.54. The molecular formula is C22H28ClN3O. The molecule has 0 aliphatic carbocycles. The zero-order valence-electron chi connectivity index (χ0n) is 16.1. The summed E-state index contributed by atoms with van der Waals surface area (Å²) in [5.41, 5.74) is 1.69. The van der Waals surface area contributed by atoms with E-state index in [9.17, 15) is 4.79 Å². The number of carbonyl (C=O) groups excluding carboxylic acids is 1. The van der Waals surface area contributed by atoms with Crippen LogP contribution < -0.4 is 10.2 Å². The number of piperazine rings is 1. The Hall–Kier alpha value is -2.04. The van der Waals surface area contributed by atoms with Crippen molar-refractivity contribution in [2.75, 3.05) is 44.2 Å². The molecule has 0 atom stereocenters. The van der Waals surface area contributed by atoms with Crippen LogP contribution in [0.25, 0.3) is 0 Å². The van der Waals surface area contributed by atoms with Crippen molar-refractivity contribution in [1.82, 2.24) is 10.2 Å². The number of halogens is 1. The number of rotatable bonds is 6. The van der Waals surface area contributed by atoms with Gasteiger partial charge in [0.05, 0.1) is 5.41 Å². The number of nitrogens with one attached hydrogen (secondary N) is 1. The largest absolute Gasteiger partial charge is 0.369 e. The number of carbonyl (C=O) groups is 1. The topological polar surface area (TPSA) is 35.6 Å². The van der Waals surface area contributed by atoms with Gasteiger partial charge in [0.2, 0.25) is 5.91 Å². The fraction of sp³-hybridized carbons (Fsp3) is 0.409. The van der Waals surface area contributed by atoms with Crippen LogP contribution in [0, 0.1) is 0 Å². The van der Waals surface area contributed by atoms with Gasteiger partial charge in [0, 0.05) is 50.0 Å². The molecule has 0 unspecified atom stereocenters. The molecule has 27 heavy (non-hydrogen) atoms. The summed E-state index contributed by atoms with van der Waals surface area (Å²) in [5, 5.41) is 3.78. The first-order valence-electron chi connectivity index (χ1n) is 9.53. The molecule has 3 rings (SSSR count). The van der Waals surface area contributed by atoms with E-state index in [1.807, 2.05) is 44.2 Å². The van der Waals surface area contributed by atoms with Gasteiger partial charge in [-0.3, -0.25) is 9.69 Å². The highest BCUT2D eigenvalue weighted by Gasteiger charge is 2.29. The normalized spacial score (nSPS) is 15.6. The van der Waals surface area contributed by atoms with Gasteiger partial charge in [-0.15, -0.1) is 0 Å². The molecule has 0 spiro atoms. The number of benzene rings is 2. The second kappa shape index (κ2) is 8.77. The summed E-state index contributed by atoms with van der Waals surface area (Å²) in [5.74, 6) is 0.0488. The lowest BCUT2D eigenvalue weighted by Gasteiger charge is -2.36. The third-order valence-electron chi connectivity index (χ3n) is 5.34. The molecule has 1 fully saturated rings. The Kier molecular flexibility index (Phi) is 6.40. The van der Waals surface area contributed by atoms with Crippen LogP contribution in [0.2, 0.25) is 5.02 Å². The van der Waals surface area contributed by atoms with E-state index in [1.165, 1.54) is 5.69 Å². The van der Waals surface area contributed by atoms with E-state index in [0.717, 1.165) is 38.3 Å². The molecule has 0 aromatic heterocycles. The van der Waals surface area contributed by atoms with Crippen LogP contribution >= 0.6 is 11.6 Å². The van der Waals surface area contributed by atoms with Crippen LogP contribution in [-0.2, 0) is 10.2 Å². The highest BCUT2D eigenvalue weighted by Crippen LogP contribution is 2.24. The molecule has 1 saturated heterocycles. The third-order valence-corrected chi connectivity index (χ3v) is 5.59. The highest BCUT2D eigenvalue weighted by atomic mass is 35.5. The quantitative estimate of drug-likeness (QED) is 0.825. The van der Waals surface area contributed by atoms with Crippen LogP contribution in [0.3, 0.4) is 0 Å². The fourth-order valence-electron chi connectivity index (χ4n) is 3.41. The van der Waals surface area contributed by atoms with Crippen molar-refractivity contribution in [3.63, 3.8) is 0 Å². The Balaban J connectivity index is 1.43. The van der Waals surface area contributed by atoms with Gasteiger partial charge >= 0.3 is 0 Å². The Morgan fingerprint density at radius 3 is 2.26 bits per heavy atom. The van der Waals surface area contributed by atoms with E-state index in [0.29, 0.717) is 11.6 Å². The van der Waals surface area contributed by atoms with Crippen molar-refractivity contribution in [3.05, 3.63) is 65.2 Å². The van der Waals surface area contributed by atoms with Crippen LogP contribution in [0.15, 0.2) is 54.6 Å². The molecule has 1 aliphatic heterocycles. The van der Waals surface area contributed by atoms with Gasteiger partial charge in [0.25, 0.3) is 0 Å². The maximum Gasteiger partial charge on any atom is 0.230 e. The van der Waals surface area contributed by atoms with E-state index in [4.69, 9.17) is 11.6 Å². The average Bonchev–Trinajstić information content (AvgIpc) is 2.69. The van der Waals surface area contributed by atoms with Gasteiger partial charge in [-0.05, 0) is 43.7 Å². The molecule has 0 saturated carbocycles. The van der Waals surface area contributed by atoms with Crippen molar-refractivity contribution in [3.8, 4) is 0 Å². The molecule has 1 amide bonds. The minimum atomic E-state index is -0.573. The smallest absolute Gasteiger partial charge is 0.230 e. The van der Waals surface area contributed by atoms with Gasteiger partial charge in [0.1, 0.15) is 0 Å². The monoisotopic (exact) mass is 385 g/mol. The molecule has 1 heterocycles.